The average molecular weight is 405 g/mol. The summed E-state index contributed by atoms with van der Waals surface area (Å²) in [4.78, 5) is 19.8. The first kappa shape index (κ1) is 19.5. The zero-order chi connectivity index (χ0) is 20.0. The molecular formula is C16H15F4N3O3S. The molecule has 0 unspecified atom stereocenters. The molecule has 0 spiro atoms. The highest BCUT2D eigenvalue weighted by molar-refractivity contribution is 7.90. The van der Waals surface area contributed by atoms with Crippen LogP contribution in [0.3, 0.4) is 0 Å². The highest BCUT2D eigenvalue weighted by atomic mass is 32.2. The van der Waals surface area contributed by atoms with E-state index in [1.807, 2.05) is 0 Å². The maximum Gasteiger partial charge on any atom is 0.416 e. The van der Waals surface area contributed by atoms with Crippen LogP contribution < -0.4 is 5.56 Å². The molecule has 0 aliphatic carbocycles. The Labute approximate surface area is 151 Å². The van der Waals surface area contributed by atoms with Gasteiger partial charge < -0.3 is 0 Å². The van der Waals surface area contributed by atoms with Gasteiger partial charge in [0, 0.05) is 37.0 Å². The van der Waals surface area contributed by atoms with Crippen LogP contribution in [0.5, 0.6) is 0 Å². The predicted octanol–water partition coefficient (Wildman–Crippen LogP) is 1.89. The lowest BCUT2D eigenvalue weighted by atomic mass is 10.0. The van der Waals surface area contributed by atoms with Gasteiger partial charge in [-0.2, -0.15) is 13.2 Å². The highest BCUT2D eigenvalue weighted by Gasteiger charge is 2.31. The van der Waals surface area contributed by atoms with Gasteiger partial charge in [0.1, 0.15) is 5.82 Å². The highest BCUT2D eigenvalue weighted by Crippen LogP contribution is 2.31. The number of alkyl halides is 3. The van der Waals surface area contributed by atoms with Crippen molar-refractivity contribution in [3.05, 3.63) is 56.8 Å². The van der Waals surface area contributed by atoms with Crippen LogP contribution in [0.2, 0.25) is 0 Å². The van der Waals surface area contributed by atoms with Crippen LogP contribution in [0, 0.1) is 5.82 Å². The van der Waals surface area contributed by atoms with E-state index in [4.69, 9.17) is 0 Å². The maximum absolute atomic E-state index is 13.9. The Bertz CT molecular complexity index is 1050. The van der Waals surface area contributed by atoms with E-state index in [1.165, 1.54) is 0 Å². The first-order valence-corrected chi connectivity index (χ1v) is 9.74. The number of rotatable bonds is 3. The fraction of sp³-hybridized carbons (Fsp3) is 0.375. The van der Waals surface area contributed by atoms with Crippen molar-refractivity contribution in [2.75, 3.05) is 12.8 Å². The van der Waals surface area contributed by atoms with Gasteiger partial charge in [0.05, 0.1) is 11.3 Å². The lowest BCUT2D eigenvalue weighted by Crippen LogP contribution is -2.36. The Morgan fingerprint density at radius 3 is 2.63 bits per heavy atom. The number of hydrogen-bond donors (Lipinski definition) is 1. The molecule has 1 aliphatic heterocycles. The first-order valence-electron chi connectivity index (χ1n) is 7.85. The molecular weight excluding hydrogens is 390 g/mol. The lowest BCUT2D eigenvalue weighted by Gasteiger charge is -2.28. The zero-order valence-corrected chi connectivity index (χ0v) is 14.9. The number of hydrogen-bond acceptors (Lipinski definition) is 5. The Hall–Kier alpha value is -2.27. The van der Waals surface area contributed by atoms with Gasteiger partial charge in [-0.1, -0.05) is 0 Å². The summed E-state index contributed by atoms with van der Waals surface area (Å²) in [6.45, 7) is 0.195. The van der Waals surface area contributed by atoms with Gasteiger partial charge in [-0.25, -0.2) is 17.8 Å². The normalized spacial score (nSPS) is 15.6. The van der Waals surface area contributed by atoms with E-state index in [1.54, 1.807) is 4.90 Å². The van der Waals surface area contributed by atoms with Crippen molar-refractivity contribution in [3.8, 4) is 0 Å². The van der Waals surface area contributed by atoms with Crippen LogP contribution in [-0.2, 0) is 35.5 Å². The number of aromatic amines is 1. The molecule has 1 N–H and O–H groups in total. The van der Waals surface area contributed by atoms with Crippen LogP contribution in [0.1, 0.15) is 22.4 Å². The molecule has 0 saturated heterocycles. The molecule has 0 radical (unpaired) electrons. The fourth-order valence-corrected chi connectivity index (χ4v) is 3.45. The fourth-order valence-electron chi connectivity index (χ4n) is 2.89. The van der Waals surface area contributed by atoms with Crippen molar-refractivity contribution >= 4 is 9.84 Å². The molecule has 2 heterocycles. The van der Waals surface area contributed by atoms with Crippen molar-refractivity contribution in [1.82, 2.24) is 14.9 Å². The molecule has 0 saturated carbocycles. The third kappa shape index (κ3) is 4.19. The van der Waals surface area contributed by atoms with Crippen molar-refractivity contribution in [2.45, 2.75) is 30.8 Å². The predicted molar refractivity (Wildman–Crippen MR) is 87.2 cm³/mol. The van der Waals surface area contributed by atoms with Crippen molar-refractivity contribution in [1.29, 1.82) is 0 Å². The van der Waals surface area contributed by atoms with E-state index >= 15 is 0 Å². The molecule has 1 aromatic carbocycles. The summed E-state index contributed by atoms with van der Waals surface area (Å²) in [5.41, 5.74) is -1.11. The van der Waals surface area contributed by atoms with Gasteiger partial charge in [-0.05, 0) is 24.6 Å². The van der Waals surface area contributed by atoms with Crippen molar-refractivity contribution < 1.29 is 26.0 Å². The Morgan fingerprint density at radius 1 is 1.30 bits per heavy atom. The molecule has 11 heteroatoms. The summed E-state index contributed by atoms with van der Waals surface area (Å²) in [6.07, 6.45) is -3.46. The van der Waals surface area contributed by atoms with Crippen molar-refractivity contribution in [3.63, 3.8) is 0 Å². The summed E-state index contributed by atoms with van der Waals surface area (Å²) in [7, 11) is -3.73. The molecule has 6 nitrogen and oxygen atoms in total. The summed E-state index contributed by atoms with van der Waals surface area (Å²) < 4.78 is 75.7. The van der Waals surface area contributed by atoms with Crippen molar-refractivity contribution in [2.24, 2.45) is 0 Å². The van der Waals surface area contributed by atoms with Crippen LogP contribution in [-0.4, -0.2) is 36.1 Å². The molecule has 1 aromatic heterocycles. The zero-order valence-electron chi connectivity index (χ0n) is 14.1. The molecule has 27 heavy (non-hydrogen) atoms. The monoisotopic (exact) mass is 405 g/mol. The lowest BCUT2D eigenvalue weighted by molar-refractivity contribution is -0.137. The van der Waals surface area contributed by atoms with E-state index in [2.05, 4.69) is 9.97 Å². The Morgan fingerprint density at radius 2 is 2.00 bits per heavy atom. The van der Waals surface area contributed by atoms with E-state index in [-0.39, 0.29) is 30.8 Å². The second-order valence-electron chi connectivity index (χ2n) is 6.33. The van der Waals surface area contributed by atoms with Crippen LogP contribution in [0.15, 0.2) is 28.2 Å². The van der Waals surface area contributed by atoms with Gasteiger partial charge in [-0.3, -0.25) is 14.7 Å². The Balaban J connectivity index is 1.89. The summed E-state index contributed by atoms with van der Waals surface area (Å²) >= 11 is 0. The molecule has 0 bridgehead atoms. The molecule has 0 amide bonds. The van der Waals surface area contributed by atoms with Gasteiger partial charge in [0.2, 0.25) is 15.0 Å². The number of halogens is 4. The second kappa shape index (κ2) is 6.71. The first-order chi connectivity index (χ1) is 12.4. The molecule has 0 fully saturated rings. The molecule has 0 atom stereocenters. The Kier molecular flexibility index (Phi) is 4.85. The largest absolute Gasteiger partial charge is 0.416 e. The van der Waals surface area contributed by atoms with Gasteiger partial charge in [-0.15, -0.1) is 0 Å². The molecule has 3 rings (SSSR count). The number of H-pyrrole nitrogens is 1. The standard InChI is InChI=1S/C16H15F4N3O3S/c1-27(25,26)15-21-13-8-23(5-4-11(13)14(24)22-15)7-9-6-10(16(18,19)20)2-3-12(9)17/h2-3,6H,4-5,7-8H2,1H3,(H,21,22,24). The van der Waals surface area contributed by atoms with Gasteiger partial charge in [0.15, 0.2) is 0 Å². The quantitative estimate of drug-likeness (QED) is 0.623. The number of benzene rings is 1. The molecule has 1 aliphatic rings. The number of aromatic nitrogens is 2. The van der Waals surface area contributed by atoms with E-state index in [0.29, 0.717) is 18.2 Å². The average Bonchev–Trinajstić information content (AvgIpc) is 2.54. The van der Waals surface area contributed by atoms with E-state index in [0.717, 1.165) is 18.4 Å². The smallest absolute Gasteiger partial charge is 0.297 e. The second-order valence-corrected chi connectivity index (χ2v) is 8.26. The van der Waals surface area contributed by atoms with Gasteiger partial charge >= 0.3 is 6.18 Å². The number of sulfone groups is 1. The number of nitrogens with zero attached hydrogens (tertiary/aromatic N) is 2. The van der Waals surface area contributed by atoms with Crippen LogP contribution in [0.4, 0.5) is 17.6 Å². The summed E-state index contributed by atoms with van der Waals surface area (Å²) in [5, 5.41) is -0.474. The van der Waals surface area contributed by atoms with E-state index in [9.17, 15) is 30.8 Å². The topological polar surface area (TPSA) is 83.1 Å². The number of nitrogens with one attached hydrogen (secondary N) is 1. The minimum absolute atomic E-state index is 0.0253. The van der Waals surface area contributed by atoms with E-state index < -0.39 is 38.1 Å². The third-order valence-corrected chi connectivity index (χ3v) is 5.14. The van der Waals surface area contributed by atoms with Crippen LogP contribution >= 0.6 is 0 Å². The number of fused-ring (bicyclic) bond motifs is 1. The maximum atomic E-state index is 13.9. The summed E-state index contributed by atoms with van der Waals surface area (Å²) in [5.74, 6) is -0.774. The third-order valence-electron chi connectivity index (χ3n) is 4.25. The van der Waals surface area contributed by atoms with Crippen LogP contribution in [0.25, 0.3) is 0 Å². The SMILES string of the molecule is CS(=O)(=O)c1nc2c(c(=O)[nH]1)CCN(Cc1cc(C(F)(F)F)ccc1F)C2. The minimum atomic E-state index is -4.59. The molecule has 2 aromatic rings. The summed E-state index contributed by atoms with van der Waals surface area (Å²) in [6, 6.07) is 2.18. The molecule has 146 valence electrons. The van der Waals surface area contributed by atoms with Gasteiger partial charge in [0.25, 0.3) is 5.56 Å². The minimum Gasteiger partial charge on any atom is -0.297 e.